The first-order valence-electron chi connectivity index (χ1n) is 7.40. The van der Waals surface area contributed by atoms with Gasteiger partial charge in [-0.15, -0.1) is 4.52 Å². The largest absolute Gasteiger partial charge is 0.240 e. The van der Waals surface area contributed by atoms with E-state index in [1.165, 1.54) is 11.9 Å². The lowest BCUT2D eigenvalue weighted by molar-refractivity contribution is 0.365. The SMILES string of the molecule is CC(C)(C)CCCNS(=O)(=O)c1ccc(C2CSN=N2)cc1. The van der Waals surface area contributed by atoms with Gasteiger partial charge in [0, 0.05) is 12.3 Å². The summed E-state index contributed by atoms with van der Waals surface area (Å²) in [6.07, 6.45) is 1.82. The molecular formula is C15H23N3O2S2. The minimum atomic E-state index is -3.43. The molecule has 0 spiro atoms. The van der Waals surface area contributed by atoms with E-state index in [1.54, 1.807) is 12.1 Å². The van der Waals surface area contributed by atoms with Gasteiger partial charge in [-0.1, -0.05) is 32.9 Å². The van der Waals surface area contributed by atoms with Crippen LogP contribution in [0.3, 0.4) is 0 Å². The van der Waals surface area contributed by atoms with E-state index in [9.17, 15) is 8.42 Å². The fourth-order valence-electron chi connectivity index (χ4n) is 2.17. The predicted molar refractivity (Wildman–Crippen MR) is 90.4 cm³/mol. The Morgan fingerprint density at radius 1 is 1.27 bits per heavy atom. The molecule has 1 aromatic carbocycles. The van der Waals surface area contributed by atoms with E-state index in [0.717, 1.165) is 24.2 Å². The van der Waals surface area contributed by atoms with Crippen LogP contribution in [0.4, 0.5) is 0 Å². The van der Waals surface area contributed by atoms with Gasteiger partial charge < -0.3 is 0 Å². The smallest absolute Gasteiger partial charge is 0.211 e. The van der Waals surface area contributed by atoms with Crippen molar-refractivity contribution in [1.82, 2.24) is 4.72 Å². The van der Waals surface area contributed by atoms with Crippen LogP contribution in [0.2, 0.25) is 0 Å². The summed E-state index contributed by atoms with van der Waals surface area (Å²) in [6, 6.07) is 6.96. The Hall–Kier alpha value is -0.920. The highest BCUT2D eigenvalue weighted by Crippen LogP contribution is 2.30. The molecule has 1 aliphatic heterocycles. The molecule has 1 N–H and O–H groups in total. The average molecular weight is 342 g/mol. The quantitative estimate of drug-likeness (QED) is 0.629. The zero-order valence-corrected chi connectivity index (χ0v) is 14.9. The third-order valence-electron chi connectivity index (χ3n) is 3.45. The molecular weight excluding hydrogens is 318 g/mol. The minimum Gasteiger partial charge on any atom is -0.211 e. The second-order valence-electron chi connectivity index (χ2n) is 6.64. The van der Waals surface area contributed by atoms with E-state index in [1.807, 2.05) is 12.1 Å². The highest BCUT2D eigenvalue weighted by Gasteiger charge is 2.18. The number of hydrogen-bond acceptors (Lipinski definition) is 5. The van der Waals surface area contributed by atoms with Gasteiger partial charge >= 0.3 is 0 Å². The summed E-state index contributed by atoms with van der Waals surface area (Å²) in [5, 5.41) is 4.10. The standard InChI is InChI=1S/C15H23N3O2S2/c1-15(2,3)9-4-10-16-22(19,20)13-7-5-12(6-8-13)14-11-21-18-17-14/h5-8,14,16H,4,9-11H2,1-3H3. The van der Waals surface area contributed by atoms with Gasteiger partial charge in [0.25, 0.3) is 0 Å². The first-order valence-corrected chi connectivity index (χ1v) is 9.82. The van der Waals surface area contributed by atoms with Crippen LogP contribution in [0.5, 0.6) is 0 Å². The summed E-state index contributed by atoms with van der Waals surface area (Å²) in [5.41, 5.74) is 1.22. The van der Waals surface area contributed by atoms with Gasteiger partial charge in [-0.2, -0.15) is 5.11 Å². The first kappa shape index (κ1) is 17.4. The number of hydrogen-bond donors (Lipinski definition) is 1. The number of rotatable bonds is 6. The molecule has 0 radical (unpaired) electrons. The minimum absolute atomic E-state index is 0.0431. The van der Waals surface area contributed by atoms with E-state index >= 15 is 0 Å². The van der Waals surface area contributed by atoms with Gasteiger partial charge in [0.15, 0.2) is 0 Å². The summed E-state index contributed by atoms with van der Waals surface area (Å²) in [7, 11) is -3.43. The maximum atomic E-state index is 12.2. The Kier molecular flexibility index (Phi) is 5.63. The van der Waals surface area contributed by atoms with Crippen LogP contribution in [-0.4, -0.2) is 20.7 Å². The van der Waals surface area contributed by atoms with Gasteiger partial charge in [-0.05, 0) is 47.9 Å². The molecule has 0 saturated carbocycles. The van der Waals surface area contributed by atoms with Gasteiger partial charge in [-0.3, -0.25) is 0 Å². The van der Waals surface area contributed by atoms with Crippen molar-refractivity contribution >= 4 is 22.0 Å². The van der Waals surface area contributed by atoms with E-state index < -0.39 is 10.0 Å². The molecule has 1 heterocycles. The van der Waals surface area contributed by atoms with E-state index in [0.29, 0.717) is 11.4 Å². The molecule has 7 heteroatoms. The zero-order chi connectivity index (χ0) is 16.2. The maximum absolute atomic E-state index is 12.2. The van der Waals surface area contributed by atoms with Crippen molar-refractivity contribution in [3.63, 3.8) is 0 Å². The molecule has 1 aliphatic rings. The summed E-state index contributed by atoms with van der Waals surface area (Å²) in [5.74, 6) is 0.817. The second-order valence-corrected chi connectivity index (χ2v) is 9.16. The third kappa shape index (κ3) is 5.07. The normalized spacial score (nSPS) is 18.8. The first-order chi connectivity index (χ1) is 10.3. The summed E-state index contributed by atoms with van der Waals surface area (Å²) in [6.45, 7) is 6.92. The van der Waals surface area contributed by atoms with Crippen LogP contribution in [-0.2, 0) is 10.0 Å². The highest BCUT2D eigenvalue weighted by atomic mass is 32.2. The van der Waals surface area contributed by atoms with Crippen LogP contribution in [0.15, 0.2) is 38.8 Å². The highest BCUT2D eigenvalue weighted by molar-refractivity contribution is 7.98. The van der Waals surface area contributed by atoms with Crippen LogP contribution >= 0.6 is 11.9 Å². The van der Waals surface area contributed by atoms with Crippen molar-refractivity contribution < 1.29 is 8.42 Å². The number of nitrogens with zero attached hydrogens (tertiary/aromatic N) is 2. The molecule has 0 fully saturated rings. The number of sulfonamides is 1. The van der Waals surface area contributed by atoms with E-state index in [4.69, 9.17) is 0 Å². The Labute approximate surface area is 137 Å². The van der Waals surface area contributed by atoms with E-state index in [-0.39, 0.29) is 11.5 Å². The van der Waals surface area contributed by atoms with Gasteiger partial charge in [0.1, 0.15) is 6.04 Å². The van der Waals surface area contributed by atoms with Crippen molar-refractivity contribution in [3.05, 3.63) is 29.8 Å². The molecule has 0 aromatic heterocycles. The predicted octanol–water partition coefficient (Wildman–Crippen LogP) is 3.95. The molecule has 0 saturated heterocycles. The Morgan fingerprint density at radius 2 is 1.95 bits per heavy atom. The van der Waals surface area contributed by atoms with E-state index in [2.05, 4.69) is 35.1 Å². The summed E-state index contributed by atoms with van der Waals surface area (Å²) >= 11 is 1.43. The Balaban J connectivity index is 1.93. The van der Waals surface area contributed by atoms with Crippen LogP contribution in [0.1, 0.15) is 45.2 Å². The topological polar surface area (TPSA) is 70.9 Å². The molecule has 1 aromatic rings. The molecule has 1 atom stereocenters. The monoisotopic (exact) mass is 341 g/mol. The molecule has 1 unspecified atom stereocenters. The van der Waals surface area contributed by atoms with Crippen LogP contribution in [0, 0.1) is 5.41 Å². The molecule has 22 heavy (non-hydrogen) atoms. The molecule has 0 aliphatic carbocycles. The molecule has 0 bridgehead atoms. The van der Waals surface area contributed by atoms with Crippen molar-refractivity contribution in [2.45, 2.75) is 44.6 Å². The summed E-state index contributed by atoms with van der Waals surface area (Å²) in [4.78, 5) is 0.301. The Bertz CT molecular complexity index is 619. The van der Waals surface area contributed by atoms with Crippen molar-refractivity contribution in [1.29, 1.82) is 0 Å². The number of nitrogens with one attached hydrogen (secondary N) is 1. The Morgan fingerprint density at radius 3 is 2.50 bits per heavy atom. The lowest BCUT2D eigenvalue weighted by Crippen LogP contribution is -2.25. The molecule has 5 nitrogen and oxygen atoms in total. The number of benzene rings is 1. The second kappa shape index (κ2) is 7.10. The van der Waals surface area contributed by atoms with Crippen molar-refractivity contribution in [2.24, 2.45) is 15.0 Å². The third-order valence-corrected chi connectivity index (χ3v) is 5.60. The zero-order valence-electron chi connectivity index (χ0n) is 13.2. The van der Waals surface area contributed by atoms with Gasteiger partial charge in [0.2, 0.25) is 10.0 Å². The van der Waals surface area contributed by atoms with Crippen molar-refractivity contribution in [2.75, 3.05) is 12.3 Å². The van der Waals surface area contributed by atoms with Crippen LogP contribution < -0.4 is 4.72 Å². The fraction of sp³-hybridized carbons (Fsp3) is 0.600. The lowest BCUT2D eigenvalue weighted by atomic mass is 9.91. The molecule has 122 valence electrons. The maximum Gasteiger partial charge on any atom is 0.240 e. The fourth-order valence-corrected chi connectivity index (χ4v) is 3.89. The molecule has 2 rings (SSSR count). The van der Waals surface area contributed by atoms with Crippen LogP contribution in [0.25, 0.3) is 0 Å². The molecule has 0 amide bonds. The lowest BCUT2D eigenvalue weighted by Gasteiger charge is -2.17. The van der Waals surface area contributed by atoms with Gasteiger partial charge in [0.05, 0.1) is 4.90 Å². The average Bonchev–Trinajstić information content (AvgIpc) is 2.97. The summed E-state index contributed by atoms with van der Waals surface area (Å²) < 4.78 is 31.0. The van der Waals surface area contributed by atoms with Crippen molar-refractivity contribution in [3.8, 4) is 0 Å². The van der Waals surface area contributed by atoms with Gasteiger partial charge in [-0.25, -0.2) is 13.1 Å².